The maximum Gasteiger partial charge on any atom is 0.255 e. The summed E-state index contributed by atoms with van der Waals surface area (Å²) < 4.78 is 17.9. The average molecular weight is 289 g/mol. The molecule has 2 rings (SSSR count). The fraction of sp³-hybridized carbons (Fsp3) is 0.188. The molecule has 0 bridgehead atoms. The van der Waals surface area contributed by atoms with Gasteiger partial charge in [0.25, 0.3) is 5.91 Å². The van der Waals surface area contributed by atoms with Crippen LogP contribution in [0.3, 0.4) is 0 Å². The van der Waals surface area contributed by atoms with Crippen LogP contribution in [0.15, 0.2) is 48.5 Å². The number of carbonyl (C=O) groups is 1. The monoisotopic (exact) mass is 289 g/mol. The zero-order valence-corrected chi connectivity index (χ0v) is 11.5. The zero-order chi connectivity index (χ0) is 15.2. The minimum Gasteiger partial charge on any atom is -0.496 e. The number of rotatable bonds is 5. The molecule has 2 N–H and O–H groups in total. The fourth-order valence-electron chi connectivity index (χ4n) is 1.92. The van der Waals surface area contributed by atoms with Gasteiger partial charge >= 0.3 is 0 Å². The maximum atomic E-state index is 12.8. The summed E-state index contributed by atoms with van der Waals surface area (Å²) in [6, 6.07) is 12.3. The van der Waals surface area contributed by atoms with Gasteiger partial charge in [-0.1, -0.05) is 24.3 Å². The van der Waals surface area contributed by atoms with Gasteiger partial charge in [-0.3, -0.25) is 4.79 Å². The standard InChI is InChI=1S/C16H16FNO3/c1-21-15-5-3-2-4-13(15)16(20)18-10-14(19)11-6-8-12(17)9-7-11/h2-9,14,19H,10H2,1H3,(H,18,20). The van der Waals surface area contributed by atoms with Crippen LogP contribution >= 0.6 is 0 Å². The average Bonchev–Trinajstić information content (AvgIpc) is 2.52. The van der Waals surface area contributed by atoms with E-state index in [9.17, 15) is 14.3 Å². The summed E-state index contributed by atoms with van der Waals surface area (Å²) in [6.45, 7) is 0.0303. The molecular formula is C16H16FNO3. The van der Waals surface area contributed by atoms with Crippen LogP contribution in [0, 0.1) is 5.82 Å². The molecule has 4 nitrogen and oxygen atoms in total. The first kappa shape index (κ1) is 15.0. The molecular weight excluding hydrogens is 273 g/mol. The van der Waals surface area contributed by atoms with Gasteiger partial charge in [-0.2, -0.15) is 0 Å². The smallest absolute Gasteiger partial charge is 0.255 e. The van der Waals surface area contributed by atoms with E-state index < -0.39 is 6.10 Å². The highest BCUT2D eigenvalue weighted by atomic mass is 19.1. The second kappa shape index (κ2) is 6.85. The lowest BCUT2D eigenvalue weighted by atomic mass is 10.1. The number of halogens is 1. The highest BCUT2D eigenvalue weighted by Gasteiger charge is 2.14. The Kier molecular flexibility index (Phi) is 4.90. The van der Waals surface area contributed by atoms with Crippen molar-refractivity contribution in [1.82, 2.24) is 5.32 Å². The van der Waals surface area contributed by atoms with Gasteiger partial charge in [0.05, 0.1) is 18.8 Å². The summed E-state index contributed by atoms with van der Waals surface area (Å²) in [7, 11) is 1.49. The van der Waals surface area contributed by atoms with Crippen LogP contribution in [0.25, 0.3) is 0 Å². The van der Waals surface area contributed by atoms with Crippen LogP contribution < -0.4 is 10.1 Å². The number of ether oxygens (including phenoxy) is 1. The Morgan fingerprint density at radius 2 is 1.90 bits per heavy atom. The summed E-state index contributed by atoms with van der Waals surface area (Å²) in [5.74, 6) is -0.246. The molecule has 5 heteroatoms. The second-order valence-corrected chi connectivity index (χ2v) is 4.48. The molecule has 0 aliphatic heterocycles. The quantitative estimate of drug-likeness (QED) is 0.888. The van der Waals surface area contributed by atoms with Crippen LogP contribution in [0.5, 0.6) is 5.75 Å². The van der Waals surface area contributed by atoms with Gasteiger partial charge < -0.3 is 15.2 Å². The van der Waals surface area contributed by atoms with E-state index in [1.54, 1.807) is 24.3 Å². The van der Waals surface area contributed by atoms with Crippen molar-refractivity contribution in [2.75, 3.05) is 13.7 Å². The van der Waals surface area contributed by atoms with Gasteiger partial charge in [-0.05, 0) is 29.8 Å². The molecule has 0 aliphatic carbocycles. The van der Waals surface area contributed by atoms with E-state index in [-0.39, 0.29) is 18.3 Å². The van der Waals surface area contributed by atoms with Gasteiger partial charge in [-0.25, -0.2) is 4.39 Å². The number of aliphatic hydroxyl groups excluding tert-OH is 1. The Bertz CT molecular complexity index is 613. The highest BCUT2D eigenvalue weighted by Crippen LogP contribution is 2.17. The first-order chi connectivity index (χ1) is 10.1. The molecule has 110 valence electrons. The molecule has 0 heterocycles. The Hall–Kier alpha value is -2.40. The van der Waals surface area contributed by atoms with Crippen LogP contribution in [0.2, 0.25) is 0 Å². The van der Waals surface area contributed by atoms with E-state index in [1.807, 2.05) is 0 Å². The number of para-hydroxylation sites is 1. The van der Waals surface area contributed by atoms with Gasteiger partial charge in [0.1, 0.15) is 11.6 Å². The summed E-state index contributed by atoms with van der Waals surface area (Å²) in [5, 5.41) is 12.6. The van der Waals surface area contributed by atoms with Crippen molar-refractivity contribution in [3.8, 4) is 5.75 Å². The molecule has 0 spiro atoms. The third-order valence-corrected chi connectivity index (χ3v) is 3.06. The first-order valence-corrected chi connectivity index (χ1v) is 6.46. The van der Waals surface area contributed by atoms with Gasteiger partial charge in [0, 0.05) is 6.54 Å². The Balaban J connectivity index is 1.99. The van der Waals surface area contributed by atoms with Crippen molar-refractivity contribution in [3.05, 3.63) is 65.5 Å². The van der Waals surface area contributed by atoms with Crippen molar-refractivity contribution >= 4 is 5.91 Å². The minimum absolute atomic E-state index is 0.0303. The van der Waals surface area contributed by atoms with Gasteiger partial charge in [-0.15, -0.1) is 0 Å². The van der Waals surface area contributed by atoms with Crippen LogP contribution in [0.1, 0.15) is 22.0 Å². The molecule has 0 saturated heterocycles. The van der Waals surface area contributed by atoms with E-state index in [0.717, 1.165) is 0 Å². The van der Waals surface area contributed by atoms with Gasteiger partial charge in [0.2, 0.25) is 0 Å². The summed E-state index contributed by atoms with van der Waals surface area (Å²) in [6.07, 6.45) is -0.899. The molecule has 1 unspecified atom stereocenters. The molecule has 1 atom stereocenters. The molecule has 0 saturated carbocycles. The number of amides is 1. The molecule has 21 heavy (non-hydrogen) atoms. The predicted molar refractivity (Wildman–Crippen MR) is 76.7 cm³/mol. The normalized spacial score (nSPS) is 11.8. The van der Waals surface area contributed by atoms with E-state index in [2.05, 4.69) is 5.32 Å². The van der Waals surface area contributed by atoms with E-state index in [1.165, 1.54) is 31.4 Å². The SMILES string of the molecule is COc1ccccc1C(=O)NCC(O)c1ccc(F)cc1. The predicted octanol–water partition coefficient (Wildman–Crippen LogP) is 2.30. The molecule has 0 radical (unpaired) electrons. The van der Waals surface area contributed by atoms with Crippen LogP contribution in [-0.4, -0.2) is 24.7 Å². The maximum absolute atomic E-state index is 12.8. The second-order valence-electron chi connectivity index (χ2n) is 4.48. The summed E-state index contributed by atoms with van der Waals surface area (Å²) in [4.78, 5) is 12.1. The lowest BCUT2D eigenvalue weighted by Crippen LogP contribution is -2.28. The number of carbonyl (C=O) groups excluding carboxylic acids is 1. The molecule has 2 aromatic rings. The van der Waals surface area contributed by atoms with Crippen molar-refractivity contribution < 1.29 is 19.0 Å². The largest absolute Gasteiger partial charge is 0.496 e. The summed E-state index contributed by atoms with van der Waals surface area (Å²) in [5.41, 5.74) is 0.933. The Morgan fingerprint density at radius 1 is 1.24 bits per heavy atom. The number of hydrogen-bond acceptors (Lipinski definition) is 3. The van der Waals surface area contributed by atoms with E-state index in [0.29, 0.717) is 16.9 Å². The van der Waals surface area contributed by atoms with Crippen molar-refractivity contribution in [3.63, 3.8) is 0 Å². The number of nitrogens with one attached hydrogen (secondary N) is 1. The van der Waals surface area contributed by atoms with Crippen molar-refractivity contribution in [2.24, 2.45) is 0 Å². The molecule has 0 fully saturated rings. The van der Waals surface area contributed by atoms with Crippen LogP contribution in [0.4, 0.5) is 4.39 Å². The van der Waals surface area contributed by atoms with Gasteiger partial charge in [0.15, 0.2) is 0 Å². The number of aliphatic hydroxyl groups is 1. The Morgan fingerprint density at radius 3 is 2.57 bits per heavy atom. The lowest BCUT2D eigenvalue weighted by molar-refractivity contribution is 0.0913. The third-order valence-electron chi connectivity index (χ3n) is 3.06. The fourth-order valence-corrected chi connectivity index (χ4v) is 1.92. The third kappa shape index (κ3) is 3.79. The van der Waals surface area contributed by atoms with E-state index in [4.69, 9.17) is 4.74 Å². The highest BCUT2D eigenvalue weighted by molar-refractivity contribution is 5.96. The van der Waals surface area contributed by atoms with Crippen LogP contribution in [-0.2, 0) is 0 Å². The summed E-state index contributed by atoms with van der Waals surface area (Å²) >= 11 is 0. The molecule has 0 aromatic heterocycles. The number of benzene rings is 2. The molecule has 2 aromatic carbocycles. The minimum atomic E-state index is -0.899. The van der Waals surface area contributed by atoms with Crippen molar-refractivity contribution in [1.29, 1.82) is 0 Å². The number of hydrogen-bond donors (Lipinski definition) is 2. The molecule has 1 amide bonds. The number of methoxy groups -OCH3 is 1. The topological polar surface area (TPSA) is 58.6 Å². The zero-order valence-electron chi connectivity index (χ0n) is 11.5. The molecule has 0 aliphatic rings. The van der Waals surface area contributed by atoms with Crippen molar-refractivity contribution in [2.45, 2.75) is 6.10 Å². The Labute approximate surface area is 122 Å². The first-order valence-electron chi connectivity index (χ1n) is 6.46. The van der Waals surface area contributed by atoms with E-state index >= 15 is 0 Å². The lowest BCUT2D eigenvalue weighted by Gasteiger charge is -2.13.